The van der Waals surface area contributed by atoms with E-state index < -0.39 is 11.7 Å². The zero-order valence-electron chi connectivity index (χ0n) is 10.7. The van der Waals surface area contributed by atoms with Crippen LogP contribution < -0.4 is 0 Å². The highest BCUT2D eigenvalue weighted by molar-refractivity contribution is 6.03. The first-order valence-electron chi connectivity index (χ1n) is 6.53. The predicted octanol–water partition coefficient (Wildman–Crippen LogP) is 3.24. The SMILES string of the molecule is O=C[C@@H]1[C@@H](C(=O)c2ccccc2F)[C@H]1c1ccccc1. The summed E-state index contributed by atoms with van der Waals surface area (Å²) in [6.07, 6.45) is 0.807. The molecule has 3 atom stereocenters. The number of Topliss-reactive ketones (excluding diaryl/α,β-unsaturated/α-hetero) is 1. The van der Waals surface area contributed by atoms with Crippen LogP contribution in [0.4, 0.5) is 4.39 Å². The monoisotopic (exact) mass is 268 g/mol. The van der Waals surface area contributed by atoms with Crippen molar-refractivity contribution >= 4 is 12.1 Å². The van der Waals surface area contributed by atoms with Gasteiger partial charge in [-0.15, -0.1) is 0 Å². The summed E-state index contributed by atoms with van der Waals surface area (Å²) in [7, 11) is 0. The van der Waals surface area contributed by atoms with Crippen LogP contribution in [0.2, 0.25) is 0 Å². The van der Waals surface area contributed by atoms with E-state index in [4.69, 9.17) is 0 Å². The fourth-order valence-corrected chi connectivity index (χ4v) is 2.79. The van der Waals surface area contributed by atoms with Crippen LogP contribution in [0.25, 0.3) is 0 Å². The lowest BCUT2D eigenvalue weighted by atomic mass is 10.0. The molecule has 0 N–H and O–H groups in total. The molecule has 2 aromatic rings. The molecule has 3 heteroatoms. The number of aldehydes is 1. The Morgan fingerprint density at radius 1 is 1.00 bits per heavy atom. The van der Waals surface area contributed by atoms with Crippen LogP contribution in [0.1, 0.15) is 21.8 Å². The van der Waals surface area contributed by atoms with E-state index in [9.17, 15) is 14.0 Å². The van der Waals surface area contributed by atoms with E-state index in [-0.39, 0.29) is 23.2 Å². The van der Waals surface area contributed by atoms with Crippen molar-refractivity contribution in [2.75, 3.05) is 0 Å². The van der Waals surface area contributed by atoms with E-state index in [0.717, 1.165) is 11.8 Å². The first-order chi connectivity index (χ1) is 9.74. The highest BCUT2D eigenvalue weighted by atomic mass is 19.1. The number of hydrogen-bond donors (Lipinski definition) is 0. The van der Waals surface area contributed by atoms with Crippen molar-refractivity contribution < 1.29 is 14.0 Å². The van der Waals surface area contributed by atoms with Crippen molar-refractivity contribution in [1.29, 1.82) is 0 Å². The average Bonchev–Trinajstić information content (AvgIpc) is 3.22. The van der Waals surface area contributed by atoms with Gasteiger partial charge in [-0.25, -0.2) is 4.39 Å². The molecule has 0 radical (unpaired) electrons. The summed E-state index contributed by atoms with van der Waals surface area (Å²) in [5.41, 5.74) is 1.03. The van der Waals surface area contributed by atoms with Gasteiger partial charge >= 0.3 is 0 Å². The molecule has 2 aromatic carbocycles. The molecule has 0 bridgehead atoms. The third kappa shape index (κ3) is 2.05. The first kappa shape index (κ1) is 12.7. The van der Waals surface area contributed by atoms with E-state index in [1.165, 1.54) is 12.1 Å². The van der Waals surface area contributed by atoms with E-state index in [1.807, 2.05) is 30.3 Å². The molecular weight excluding hydrogens is 255 g/mol. The lowest BCUT2D eigenvalue weighted by molar-refractivity contribution is -0.109. The summed E-state index contributed by atoms with van der Waals surface area (Å²) < 4.78 is 13.7. The molecule has 2 nitrogen and oxygen atoms in total. The molecule has 100 valence electrons. The average molecular weight is 268 g/mol. The second kappa shape index (κ2) is 5.00. The Balaban J connectivity index is 1.90. The van der Waals surface area contributed by atoms with Crippen LogP contribution in [0.15, 0.2) is 54.6 Å². The number of carbonyl (C=O) groups is 2. The summed E-state index contributed by atoms with van der Waals surface area (Å²) in [6.45, 7) is 0. The minimum absolute atomic E-state index is 0.0720. The van der Waals surface area contributed by atoms with Gasteiger partial charge in [0, 0.05) is 17.8 Å². The van der Waals surface area contributed by atoms with Gasteiger partial charge in [0.25, 0.3) is 0 Å². The second-order valence-electron chi connectivity index (χ2n) is 5.02. The van der Waals surface area contributed by atoms with Gasteiger partial charge in [-0.3, -0.25) is 4.79 Å². The highest BCUT2D eigenvalue weighted by Gasteiger charge is 2.55. The smallest absolute Gasteiger partial charge is 0.170 e. The molecule has 0 aromatic heterocycles. The lowest BCUT2D eigenvalue weighted by Gasteiger charge is -2.02. The Bertz CT molecular complexity index is 651. The quantitative estimate of drug-likeness (QED) is 0.630. The molecule has 0 amide bonds. The molecule has 0 saturated heterocycles. The summed E-state index contributed by atoms with van der Waals surface area (Å²) >= 11 is 0. The van der Waals surface area contributed by atoms with Gasteiger partial charge in [0.1, 0.15) is 12.1 Å². The maximum atomic E-state index is 13.7. The van der Waals surface area contributed by atoms with Crippen LogP contribution in [-0.4, -0.2) is 12.1 Å². The van der Waals surface area contributed by atoms with Crippen LogP contribution in [-0.2, 0) is 4.79 Å². The normalized spacial score (nSPS) is 24.1. The number of carbonyl (C=O) groups excluding carboxylic acids is 2. The highest BCUT2D eigenvalue weighted by Crippen LogP contribution is 2.54. The Hall–Kier alpha value is -2.29. The second-order valence-corrected chi connectivity index (χ2v) is 5.02. The van der Waals surface area contributed by atoms with Crippen molar-refractivity contribution in [3.63, 3.8) is 0 Å². The zero-order chi connectivity index (χ0) is 14.1. The molecule has 0 spiro atoms. The largest absolute Gasteiger partial charge is 0.303 e. The molecule has 20 heavy (non-hydrogen) atoms. The maximum Gasteiger partial charge on any atom is 0.170 e. The number of benzene rings is 2. The first-order valence-corrected chi connectivity index (χ1v) is 6.53. The summed E-state index contributed by atoms with van der Waals surface area (Å²) in [5, 5.41) is 0. The molecule has 1 aliphatic carbocycles. The molecule has 1 fully saturated rings. The number of ketones is 1. The molecule has 1 saturated carbocycles. The van der Waals surface area contributed by atoms with Crippen LogP contribution in [0.5, 0.6) is 0 Å². The number of hydrogen-bond acceptors (Lipinski definition) is 2. The van der Waals surface area contributed by atoms with Crippen LogP contribution in [0.3, 0.4) is 0 Å². The van der Waals surface area contributed by atoms with E-state index in [1.54, 1.807) is 12.1 Å². The third-order valence-electron chi connectivity index (χ3n) is 3.86. The molecule has 0 unspecified atom stereocenters. The van der Waals surface area contributed by atoms with Crippen molar-refractivity contribution in [2.24, 2.45) is 11.8 Å². The molecule has 0 aliphatic heterocycles. The Labute approximate surface area is 116 Å². The van der Waals surface area contributed by atoms with Gasteiger partial charge in [-0.05, 0) is 17.7 Å². The Morgan fingerprint density at radius 3 is 2.30 bits per heavy atom. The predicted molar refractivity (Wildman–Crippen MR) is 73.0 cm³/mol. The fourth-order valence-electron chi connectivity index (χ4n) is 2.79. The molecule has 1 aliphatic rings. The fraction of sp³-hybridized carbons (Fsp3) is 0.176. The summed E-state index contributed by atoms with van der Waals surface area (Å²) in [5.74, 6) is -1.72. The van der Waals surface area contributed by atoms with Gasteiger partial charge in [0.05, 0.1) is 5.56 Å². The van der Waals surface area contributed by atoms with Gasteiger partial charge in [0.2, 0.25) is 0 Å². The van der Waals surface area contributed by atoms with E-state index >= 15 is 0 Å². The minimum Gasteiger partial charge on any atom is -0.303 e. The van der Waals surface area contributed by atoms with Crippen LogP contribution in [0, 0.1) is 17.7 Å². The van der Waals surface area contributed by atoms with Crippen molar-refractivity contribution in [1.82, 2.24) is 0 Å². The van der Waals surface area contributed by atoms with E-state index in [2.05, 4.69) is 0 Å². The summed E-state index contributed by atoms with van der Waals surface area (Å²) in [6, 6.07) is 15.3. The van der Waals surface area contributed by atoms with Crippen molar-refractivity contribution in [3.05, 3.63) is 71.5 Å². The van der Waals surface area contributed by atoms with Crippen molar-refractivity contribution in [2.45, 2.75) is 5.92 Å². The molecule has 3 rings (SSSR count). The topological polar surface area (TPSA) is 34.1 Å². The Kier molecular flexibility index (Phi) is 3.18. The lowest BCUT2D eigenvalue weighted by Crippen LogP contribution is -2.07. The number of halogens is 1. The maximum absolute atomic E-state index is 13.7. The van der Waals surface area contributed by atoms with Gasteiger partial charge in [-0.1, -0.05) is 42.5 Å². The minimum atomic E-state index is -0.527. The van der Waals surface area contributed by atoms with Gasteiger partial charge in [0.15, 0.2) is 5.78 Å². The Morgan fingerprint density at radius 2 is 1.65 bits per heavy atom. The van der Waals surface area contributed by atoms with Crippen LogP contribution >= 0.6 is 0 Å². The third-order valence-corrected chi connectivity index (χ3v) is 3.86. The van der Waals surface area contributed by atoms with Crippen molar-refractivity contribution in [3.8, 4) is 0 Å². The zero-order valence-corrected chi connectivity index (χ0v) is 10.7. The summed E-state index contributed by atoms with van der Waals surface area (Å²) in [4.78, 5) is 23.5. The number of rotatable bonds is 4. The van der Waals surface area contributed by atoms with Gasteiger partial charge in [-0.2, -0.15) is 0 Å². The van der Waals surface area contributed by atoms with E-state index in [0.29, 0.717) is 0 Å². The molecule has 0 heterocycles. The van der Waals surface area contributed by atoms with Gasteiger partial charge < -0.3 is 4.79 Å². The molecular formula is C17H13FO2. The standard InChI is InChI=1S/C17H13FO2/c18-14-9-5-4-8-12(14)17(20)16-13(10-19)15(16)11-6-2-1-3-7-11/h1-10,13,15-16H/t13-,15-,16+/m0/s1.